The van der Waals surface area contributed by atoms with E-state index in [1.807, 2.05) is 10.9 Å². The fraction of sp³-hybridized carbons (Fsp3) is 0.750. The number of nitrogens with zero attached hydrogens (tertiary/aromatic N) is 2. The summed E-state index contributed by atoms with van der Waals surface area (Å²) in [6.07, 6.45) is 10.4. The fourth-order valence-electron chi connectivity index (χ4n) is 3.51. The third-order valence-corrected chi connectivity index (χ3v) is 4.61. The van der Waals surface area contributed by atoms with Crippen LogP contribution in [0.5, 0.6) is 0 Å². The minimum absolute atomic E-state index is 0.116. The van der Waals surface area contributed by atoms with E-state index in [9.17, 15) is 4.79 Å². The Morgan fingerprint density at radius 3 is 3.10 bits per heavy atom. The maximum atomic E-state index is 12.1. The number of hydrogen-bond donors (Lipinski definition) is 1. The van der Waals surface area contributed by atoms with Crippen LogP contribution in [-0.2, 0) is 16.1 Å². The van der Waals surface area contributed by atoms with E-state index in [0.717, 1.165) is 37.6 Å². The van der Waals surface area contributed by atoms with Crippen LogP contribution in [0.15, 0.2) is 12.4 Å². The highest BCUT2D eigenvalue weighted by Crippen LogP contribution is 2.32. The number of aromatic nitrogens is 2. The Morgan fingerprint density at radius 1 is 1.48 bits per heavy atom. The van der Waals surface area contributed by atoms with E-state index in [-0.39, 0.29) is 12.0 Å². The van der Waals surface area contributed by atoms with Crippen molar-refractivity contribution in [3.63, 3.8) is 0 Å². The van der Waals surface area contributed by atoms with Crippen molar-refractivity contribution in [1.29, 1.82) is 0 Å². The quantitative estimate of drug-likeness (QED) is 0.907. The summed E-state index contributed by atoms with van der Waals surface area (Å²) in [7, 11) is 0. The van der Waals surface area contributed by atoms with Gasteiger partial charge in [-0.1, -0.05) is 13.3 Å². The van der Waals surface area contributed by atoms with E-state index in [4.69, 9.17) is 4.74 Å². The average Bonchev–Trinajstić information content (AvgIpc) is 3.15. The smallest absolute Gasteiger partial charge is 0.224 e. The van der Waals surface area contributed by atoms with Gasteiger partial charge in [0, 0.05) is 19.2 Å². The van der Waals surface area contributed by atoms with Crippen molar-refractivity contribution in [3.8, 4) is 0 Å². The number of amides is 1. The number of carbonyl (C=O) groups excluding carboxylic acids is 1. The van der Waals surface area contributed by atoms with Crippen LogP contribution in [0.2, 0.25) is 0 Å². The van der Waals surface area contributed by atoms with Crippen LogP contribution in [0.3, 0.4) is 0 Å². The van der Waals surface area contributed by atoms with Crippen molar-refractivity contribution in [2.24, 2.45) is 11.8 Å². The summed E-state index contributed by atoms with van der Waals surface area (Å²) in [4.78, 5) is 12.1. The molecule has 3 rings (SSSR count). The third kappa shape index (κ3) is 4.06. The molecule has 1 saturated heterocycles. The molecule has 1 aromatic heterocycles. The highest BCUT2D eigenvalue weighted by molar-refractivity contribution is 5.90. The van der Waals surface area contributed by atoms with E-state index in [1.165, 1.54) is 19.3 Å². The summed E-state index contributed by atoms with van der Waals surface area (Å²) < 4.78 is 7.46. The number of ether oxygens (including phenoxy) is 1. The van der Waals surface area contributed by atoms with Gasteiger partial charge in [0.2, 0.25) is 5.91 Å². The first kappa shape index (κ1) is 14.6. The molecule has 1 N–H and O–H groups in total. The number of nitrogens with one attached hydrogen (secondary N) is 1. The molecule has 5 nitrogen and oxygen atoms in total. The zero-order valence-corrected chi connectivity index (χ0v) is 12.8. The van der Waals surface area contributed by atoms with Gasteiger partial charge < -0.3 is 10.1 Å². The van der Waals surface area contributed by atoms with Gasteiger partial charge in [-0.15, -0.1) is 0 Å². The lowest BCUT2D eigenvalue weighted by Crippen LogP contribution is -2.16. The highest BCUT2D eigenvalue weighted by atomic mass is 16.5. The number of anilines is 1. The van der Waals surface area contributed by atoms with Gasteiger partial charge in [-0.25, -0.2) is 0 Å². The summed E-state index contributed by atoms with van der Waals surface area (Å²) >= 11 is 0. The molecule has 2 heterocycles. The van der Waals surface area contributed by atoms with Gasteiger partial charge in [0.05, 0.1) is 24.5 Å². The summed E-state index contributed by atoms with van der Waals surface area (Å²) in [5.74, 6) is 1.45. The lowest BCUT2D eigenvalue weighted by Gasteiger charge is -2.09. The van der Waals surface area contributed by atoms with E-state index < -0.39 is 0 Å². The fourth-order valence-corrected chi connectivity index (χ4v) is 3.51. The summed E-state index contributed by atoms with van der Waals surface area (Å²) in [5.41, 5.74) is 0.795. The Labute approximate surface area is 126 Å². The lowest BCUT2D eigenvalue weighted by molar-refractivity contribution is -0.117. The van der Waals surface area contributed by atoms with Crippen molar-refractivity contribution in [2.75, 3.05) is 11.9 Å². The SMILES string of the molecule is CC1CCC(CC(=O)Nc2cnn(CC3CCCO3)c2)C1. The third-order valence-electron chi connectivity index (χ3n) is 4.61. The van der Waals surface area contributed by atoms with Crippen LogP contribution >= 0.6 is 0 Å². The summed E-state index contributed by atoms with van der Waals surface area (Å²) in [6.45, 7) is 3.90. The standard InChI is InChI=1S/C16H25N3O2/c1-12-4-5-13(7-12)8-16(20)18-14-9-17-19(10-14)11-15-3-2-6-21-15/h9-10,12-13,15H,2-8,11H2,1H3,(H,18,20). The van der Waals surface area contributed by atoms with E-state index >= 15 is 0 Å². The van der Waals surface area contributed by atoms with E-state index in [0.29, 0.717) is 12.3 Å². The van der Waals surface area contributed by atoms with Crippen LogP contribution in [-0.4, -0.2) is 28.4 Å². The Kier molecular flexibility index (Phi) is 4.58. The second-order valence-corrected chi connectivity index (χ2v) is 6.62. The molecular formula is C16H25N3O2. The topological polar surface area (TPSA) is 56.2 Å². The van der Waals surface area contributed by atoms with Crippen LogP contribution in [0.1, 0.15) is 45.4 Å². The van der Waals surface area contributed by atoms with E-state index in [2.05, 4.69) is 17.3 Å². The molecule has 0 radical (unpaired) electrons. The van der Waals surface area contributed by atoms with Gasteiger partial charge in [0.15, 0.2) is 0 Å². The van der Waals surface area contributed by atoms with Crippen molar-refractivity contribution in [2.45, 2.75) is 58.1 Å². The average molecular weight is 291 g/mol. The molecule has 1 amide bonds. The van der Waals surface area contributed by atoms with Gasteiger partial charge in [-0.2, -0.15) is 5.10 Å². The maximum absolute atomic E-state index is 12.1. The van der Waals surface area contributed by atoms with Gasteiger partial charge >= 0.3 is 0 Å². The monoisotopic (exact) mass is 291 g/mol. The summed E-state index contributed by atoms with van der Waals surface area (Å²) in [5, 5.41) is 7.26. The molecule has 0 aromatic carbocycles. The van der Waals surface area contributed by atoms with Crippen molar-refractivity contribution in [1.82, 2.24) is 9.78 Å². The Morgan fingerprint density at radius 2 is 2.38 bits per heavy atom. The van der Waals surface area contributed by atoms with Gasteiger partial charge in [-0.05, 0) is 37.5 Å². The Bertz CT molecular complexity index is 480. The van der Waals surface area contributed by atoms with E-state index in [1.54, 1.807) is 6.20 Å². The zero-order chi connectivity index (χ0) is 14.7. The molecule has 5 heteroatoms. The van der Waals surface area contributed by atoms with Gasteiger partial charge in [0.25, 0.3) is 0 Å². The molecule has 1 aromatic rings. The molecule has 1 aliphatic heterocycles. The predicted octanol–water partition coefficient (Wildman–Crippen LogP) is 2.83. The Balaban J connectivity index is 1.46. The van der Waals surface area contributed by atoms with Crippen LogP contribution in [0.4, 0.5) is 5.69 Å². The molecule has 3 unspecified atom stereocenters. The minimum Gasteiger partial charge on any atom is -0.376 e. The van der Waals surface area contributed by atoms with Crippen LogP contribution in [0, 0.1) is 11.8 Å². The number of carbonyl (C=O) groups is 1. The first-order chi connectivity index (χ1) is 10.2. The second kappa shape index (κ2) is 6.60. The molecule has 1 aliphatic carbocycles. The molecule has 2 aliphatic rings. The van der Waals surface area contributed by atoms with Crippen LogP contribution in [0.25, 0.3) is 0 Å². The molecule has 2 fully saturated rings. The normalized spacial score (nSPS) is 28.9. The van der Waals surface area contributed by atoms with Gasteiger partial charge in [0.1, 0.15) is 0 Å². The molecule has 21 heavy (non-hydrogen) atoms. The molecule has 0 bridgehead atoms. The molecule has 3 atom stereocenters. The highest BCUT2D eigenvalue weighted by Gasteiger charge is 2.23. The first-order valence-corrected chi connectivity index (χ1v) is 8.13. The lowest BCUT2D eigenvalue weighted by atomic mass is 10.0. The molecule has 1 saturated carbocycles. The van der Waals surface area contributed by atoms with Crippen LogP contribution < -0.4 is 5.32 Å². The minimum atomic E-state index is 0.116. The van der Waals surface area contributed by atoms with Crippen molar-refractivity contribution < 1.29 is 9.53 Å². The second-order valence-electron chi connectivity index (χ2n) is 6.62. The number of hydrogen-bond acceptors (Lipinski definition) is 3. The zero-order valence-electron chi connectivity index (χ0n) is 12.8. The maximum Gasteiger partial charge on any atom is 0.224 e. The molecular weight excluding hydrogens is 266 g/mol. The number of rotatable bonds is 5. The molecule has 116 valence electrons. The first-order valence-electron chi connectivity index (χ1n) is 8.13. The Hall–Kier alpha value is -1.36. The predicted molar refractivity (Wildman–Crippen MR) is 81.0 cm³/mol. The van der Waals surface area contributed by atoms with Gasteiger partial charge in [-0.3, -0.25) is 9.48 Å². The largest absolute Gasteiger partial charge is 0.376 e. The van der Waals surface area contributed by atoms with Crippen molar-refractivity contribution in [3.05, 3.63) is 12.4 Å². The molecule has 0 spiro atoms. The summed E-state index contributed by atoms with van der Waals surface area (Å²) in [6, 6.07) is 0. The van der Waals surface area contributed by atoms with Crippen molar-refractivity contribution >= 4 is 11.6 Å².